The van der Waals surface area contributed by atoms with Gasteiger partial charge in [-0.2, -0.15) is 0 Å². The molecule has 0 aliphatic heterocycles. The highest BCUT2D eigenvalue weighted by molar-refractivity contribution is 5.67. The van der Waals surface area contributed by atoms with Gasteiger partial charge in [-0.1, -0.05) is 6.42 Å². The summed E-state index contributed by atoms with van der Waals surface area (Å²) in [5.74, 6) is -1.95. The second-order valence-corrected chi connectivity index (χ2v) is 3.29. The van der Waals surface area contributed by atoms with Gasteiger partial charge in [-0.15, -0.1) is 0 Å². The molecule has 0 saturated heterocycles. The molecule has 1 fully saturated rings. The molecule has 0 amide bonds. The summed E-state index contributed by atoms with van der Waals surface area (Å²) in [6.07, 6.45) is -0.587. The highest BCUT2D eigenvalue weighted by Crippen LogP contribution is 2.37. The van der Waals surface area contributed by atoms with Crippen LogP contribution in [-0.2, 0) is 4.79 Å². The Hall–Kier alpha value is -0.670. The van der Waals surface area contributed by atoms with Crippen molar-refractivity contribution in [2.45, 2.75) is 32.1 Å². The van der Waals surface area contributed by atoms with Crippen LogP contribution in [0.25, 0.3) is 0 Å². The zero-order valence-corrected chi connectivity index (χ0v) is 6.67. The molecule has 0 heterocycles. The lowest BCUT2D eigenvalue weighted by atomic mass is 9.93. The molecule has 0 bridgehead atoms. The summed E-state index contributed by atoms with van der Waals surface area (Å²) < 4.78 is 24.5. The van der Waals surface area contributed by atoms with Crippen molar-refractivity contribution in [1.82, 2.24) is 0 Å². The smallest absolute Gasteiger partial charge is 0.303 e. The van der Waals surface area contributed by atoms with Crippen molar-refractivity contribution < 1.29 is 18.7 Å². The first kappa shape index (κ1) is 9.42. The van der Waals surface area contributed by atoms with Crippen LogP contribution >= 0.6 is 0 Å². The van der Waals surface area contributed by atoms with E-state index in [-0.39, 0.29) is 12.3 Å². The first-order valence-corrected chi connectivity index (χ1v) is 4.11. The molecular weight excluding hydrogens is 166 g/mol. The van der Waals surface area contributed by atoms with Crippen LogP contribution in [0.15, 0.2) is 0 Å². The molecule has 0 radical (unpaired) electrons. The van der Waals surface area contributed by atoms with E-state index in [0.717, 1.165) is 6.42 Å². The highest BCUT2D eigenvalue weighted by Gasteiger charge is 2.35. The van der Waals surface area contributed by atoms with E-state index in [9.17, 15) is 13.6 Å². The van der Waals surface area contributed by atoms with Gasteiger partial charge >= 0.3 is 5.97 Å². The number of carbonyl (C=O) groups is 1. The molecule has 1 rings (SSSR count). The number of alkyl halides is 2. The normalized spacial score (nSPS) is 29.6. The van der Waals surface area contributed by atoms with Crippen molar-refractivity contribution in [3.63, 3.8) is 0 Å². The van der Waals surface area contributed by atoms with E-state index in [0.29, 0.717) is 12.8 Å². The van der Waals surface area contributed by atoms with Gasteiger partial charge in [-0.3, -0.25) is 4.79 Å². The molecule has 2 nitrogen and oxygen atoms in total. The van der Waals surface area contributed by atoms with E-state index in [2.05, 4.69) is 0 Å². The SMILES string of the molecule is O=C(O)CC1CCCC1C(F)F. The Balaban J connectivity index is 2.46. The van der Waals surface area contributed by atoms with Gasteiger partial charge in [0.2, 0.25) is 6.43 Å². The van der Waals surface area contributed by atoms with E-state index in [1.807, 2.05) is 0 Å². The Morgan fingerprint density at radius 2 is 2.17 bits per heavy atom. The van der Waals surface area contributed by atoms with Crippen LogP contribution in [0.2, 0.25) is 0 Å². The fourth-order valence-corrected chi connectivity index (χ4v) is 1.87. The van der Waals surface area contributed by atoms with Crippen LogP contribution in [0.1, 0.15) is 25.7 Å². The highest BCUT2D eigenvalue weighted by atomic mass is 19.3. The molecule has 1 N–H and O–H groups in total. The van der Waals surface area contributed by atoms with Crippen molar-refractivity contribution in [1.29, 1.82) is 0 Å². The van der Waals surface area contributed by atoms with Crippen LogP contribution in [0, 0.1) is 11.8 Å². The number of halogens is 2. The lowest BCUT2D eigenvalue weighted by Crippen LogP contribution is -2.19. The third-order valence-electron chi connectivity index (χ3n) is 2.48. The Labute approximate surface area is 69.6 Å². The molecule has 12 heavy (non-hydrogen) atoms. The van der Waals surface area contributed by atoms with Gasteiger partial charge < -0.3 is 5.11 Å². The van der Waals surface area contributed by atoms with Gasteiger partial charge in [0.25, 0.3) is 0 Å². The maximum Gasteiger partial charge on any atom is 0.303 e. The van der Waals surface area contributed by atoms with Crippen LogP contribution < -0.4 is 0 Å². The quantitative estimate of drug-likeness (QED) is 0.718. The number of aliphatic carboxylic acids is 1. The molecule has 0 aromatic carbocycles. The minimum Gasteiger partial charge on any atom is -0.481 e. The molecule has 1 aliphatic rings. The monoisotopic (exact) mass is 178 g/mol. The number of hydrogen-bond donors (Lipinski definition) is 1. The van der Waals surface area contributed by atoms with Crippen LogP contribution in [0.4, 0.5) is 8.78 Å². The lowest BCUT2D eigenvalue weighted by Gasteiger charge is -2.15. The third-order valence-corrected chi connectivity index (χ3v) is 2.48. The summed E-state index contributed by atoms with van der Waals surface area (Å²) >= 11 is 0. The van der Waals surface area contributed by atoms with Gasteiger partial charge in [0.15, 0.2) is 0 Å². The van der Waals surface area contributed by atoms with Crippen molar-refractivity contribution in [2.24, 2.45) is 11.8 Å². The van der Waals surface area contributed by atoms with Crippen LogP contribution in [0.3, 0.4) is 0 Å². The molecular formula is C8H12F2O2. The minimum absolute atomic E-state index is 0.102. The molecule has 2 unspecified atom stereocenters. The topological polar surface area (TPSA) is 37.3 Å². The molecule has 70 valence electrons. The summed E-state index contributed by atoms with van der Waals surface area (Å²) in [4.78, 5) is 10.3. The molecule has 0 aromatic heterocycles. The lowest BCUT2D eigenvalue weighted by molar-refractivity contribution is -0.138. The Bertz CT molecular complexity index is 170. The van der Waals surface area contributed by atoms with Gasteiger partial charge in [-0.25, -0.2) is 8.78 Å². The van der Waals surface area contributed by atoms with Crippen molar-refractivity contribution >= 4 is 5.97 Å². The van der Waals surface area contributed by atoms with E-state index < -0.39 is 18.3 Å². The van der Waals surface area contributed by atoms with Gasteiger partial charge in [-0.05, 0) is 18.8 Å². The van der Waals surface area contributed by atoms with E-state index in [1.54, 1.807) is 0 Å². The largest absolute Gasteiger partial charge is 0.481 e. The fraction of sp³-hybridized carbons (Fsp3) is 0.875. The summed E-state index contributed by atoms with van der Waals surface area (Å²) in [6, 6.07) is 0. The molecule has 1 aliphatic carbocycles. The number of carboxylic acids is 1. The fourth-order valence-electron chi connectivity index (χ4n) is 1.87. The number of rotatable bonds is 3. The van der Waals surface area contributed by atoms with Gasteiger partial charge in [0, 0.05) is 12.3 Å². The van der Waals surface area contributed by atoms with E-state index in [1.165, 1.54) is 0 Å². The maximum absolute atomic E-state index is 12.2. The maximum atomic E-state index is 12.2. The Morgan fingerprint density at radius 1 is 1.50 bits per heavy atom. The average Bonchev–Trinajstić information content (AvgIpc) is 2.33. The van der Waals surface area contributed by atoms with Crippen LogP contribution in [-0.4, -0.2) is 17.5 Å². The van der Waals surface area contributed by atoms with Crippen molar-refractivity contribution in [3.8, 4) is 0 Å². The first-order valence-electron chi connectivity index (χ1n) is 4.11. The zero-order chi connectivity index (χ0) is 9.14. The van der Waals surface area contributed by atoms with Gasteiger partial charge in [0.1, 0.15) is 0 Å². The second kappa shape index (κ2) is 3.83. The average molecular weight is 178 g/mol. The Morgan fingerprint density at radius 3 is 2.67 bits per heavy atom. The summed E-state index contributed by atoms with van der Waals surface area (Å²) in [6.45, 7) is 0. The van der Waals surface area contributed by atoms with E-state index in [4.69, 9.17) is 5.11 Å². The predicted molar refractivity (Wildman–Crippen MR) is 39.1 cm³/mol. The standard InChI is InChI=1S/C8H12F2O2/c9-8(10)6-3-1-2-5(6)4-7(11)12/h5-6,8H,1-4H2,(H,11,12). The van der Waals surface area contributed by atoms with Crippen molar-refractivity contribution in [3.05, 3.63) is 0 Å². The summed E-state index contributed by atoms with van der Waals surface area (Å²) in [5, 5.41) is 8.43. The number of hydrogen-bond acceptors (Lipinski definition) is 1. The van der Waals surface area contributed by atoms with E-state index >= 15 is 0 Å². The molecule has 1 saturated carbocycles. The van der Waals surface area contributed by atoms with Crippen LogP contribution in [0.5, 0.6) is 0 Å². The molecule has 0 spiro atoms. The molecule has 4 heteroatoms. The Kier molecular flexibility index (Phi) is 3.00. The molecule has 2 atom stereocenters. The molecule has 0 aromatic rings. The zero-order valence-electron chi connectivity index (χ0n) is 6.67. The minimum atomic E-state index is -2.35. The predicted octanol–water partition coefficient (Wildman–Crippen LogP) is 2.14. The number of carboxylic acid groups (broad SMARTS) is 1. The summed E-state index contributed by atoms with van der Waals surface area (Å²) in [7, 11) is 0. The first-order chi connectivity index (χ1) is 5.61. The van der Waals surface area contributed by atoms with Crippen molar-refractivity contribution in [2.75, 3.05) is 0 Å². The summed E-state index contributed by atoms with van der Waals surface area (Å²) in [5.41, 5.74) is 0. The van der Waals surface area contributed by atoms with Gasteiger partial charge in [0.05, 0.1) is 0 Å². The second-order valence-electron chi connectivity index (χ2n) is 3.29. The third kappa shape index (κ3) is 2.16.